The number of carbonyl (C=O) groups is 2. The Labute approximate surface area is 196 Å². The van der Waals surface area contributed by atoms with Crippen molar-refractivity contribution in [3.8, 4) is 5.75 Å². The molecular weight excluding hydrogens is 424 g/mol. The summed E-state index contributed by atoms with van der Waals surface area (Å²) < 4.78 is 5.76. The van der Waals surface area contributed by atoms with Crippen LogP contribution in [0.5, 0.6) is 5.75 Å². The lowest BCUT2D eigenvalue weighted by Gasteiger charge is -2.30. The molecule has 1 saturated carbocycles. The predicted octanol–water partition coefficient (Wildman–Crippen LogP) is 5.32. The van der Waals surface area contributed by atoms with Crippen LogP contribution < -0.4 is 10.1 Å². The summed E-state index contributed by atoms with van der Waals surface area (Å²) in [5.41, 5.74) is 2.01. The molecule has 0 aromatic heterocycles. The number of benzene rings is 2. The first kappa shape index (κ1) is 24.1. The van der Waals surface area contributed by atoms with Gasteiger partial charge in [0, 0.05) is 17.6 Å². The zero-order valence-corrected chi connectivity index (χ0v) is 19.9. The van der Waals surface area contributed by atoms with Crippen LogP contribution in [-0.4, -0.2) is 35.4 Å². The molecule has 0 radical (unpaired) electrons. The third-order valence-electron chi connectivity index (χ3n) is 6.08. The Morgan fingerprint density at radius 3 is 2.34 bits per heavy atom. The molecule has 0 bridgehead atoms. The van der Waals surface area contributed by atoms with Gasteiger partial charge in [-0.25, -0.2) is 0 Å². The van der Waals surface area contributed by atoms with E-state index in [1.807, 2.05) is 42.5 Å². The van der Waals surface area contributed by atoms with Crippen molar-refractivity contribution in [2.45, 2.75) is 71.0 Å². The molecule has 32 heavy (non-hydrogen) atoms. The van der Waals surface area contributed by atoms with Crippen molar-refractivity contribution in [1.82, 2.24) is 10.2 Å². The Bertz CT molecular complexity index is 908. The summed E-state index contributed by atoms with van der Waals surface area (Å²) in [6.45, 7) is 6.12. The summed E-state index contributed by atoms with van der Waals surface area (Å²) in [6.07, 6.45) is 4.24. The SMILES string of the molecule is CC(C)c1ccc(OCC(=O)N(Cc2ccccc2Cl)C(C)C(=O)NC2CCCC2)cc1. The maximum Gasteiger partial charge on any atom is 0.261 e. The Kier molecular flexibility index (Phi) is 8.57. The summed E-state index contributed by atoms with van der Waals surface area (Å²) in [6, 6.07) is 14.7. The minimum absolute atomic E-state index is 0.140. The van der Waals surface area contributed by atoms with Crippen molar-refractivity contribution in [3.63, 3.8) is 0 Å². The highest BCUT2D eigenvalue weighted by atomic mass is 35.5. The van der Waals surface area contributed by atoms with Gasteiger partial charge in [0.05, 0.1) is 0 Å². The molecule has 1 unspecified atom stereocenters. The van der Waals surface area contributed by atoms with Crippen molar-refractivity contribution in [3.05, 3.63) is 64.7 Å². The fourth-order valence-corrected chi connectivity index (χ4v) is 4.16. The smallest absolute Gasteiger partial charge is 0.261 e. The van der Waals surface area contributed by atoms with Crippen molar-refractivity contribution < 1.29 is 14.3 Å². The lowest BCUT2D eigenvalue weighted by molar-refractivity contribution is -0.142. The second kappa shape index (κ2) is 11.4. The first-order chi connectivity index (χ1) is 15.3. The van der Waals surface area contributed by atoms with Gasteiger partial charge in [0.1, 0.15) is 11.8 Å². The van der Waals surface area contributed by atoms with Crippen molar-refractivity contribution in [1.29, 1.82) is 0 Å². The number of rotatable bonds is 9. The highest BCUT2D eigenvalue weighted by molar-refractivity contribution is 6.31. The molecule has 2 aromatic carbocycles. The Morgan fingerprint density at radius 2 is 1.72 bits per heavy atom. The van der Waals surface area contributed by atoms with Crippen LogP contribution in [0.25, 0.3) is 0 Å². The molecule has 1 aliphatic carbocycles. The van der Waals surface area contributed by atoms with Gasteiger partial charge in [-0.3, -0.25) is 9.59 Å². The molecule has 6 heteroatoms. The largest absolute Gasteiger partial charge is 0.484 e. The van der Waals surface area contributed by atoms with Gasteiger partial charge in [-0.05, 0) is 55.0 Å². The summed E-state index contributed by atoms with van der Waals surface area (Å²) in [4.78, 5) is 27.6. The van der Waals surface area contributed by atoms with E-state index in [1.165, 1.54) is 5.56 Å². The maximum absolute atomic E-state index is 13.2. The van der Waals surface area contributed by atoms with Crippen molar-refractivity contribution in [2.24, 2.45) is 0 Å². The van der Waals surface area contributed by atoms with E-state index in [-0.39, 0.29) is 31.0 Å². The number of ether oxygens (including phenoxy) is 1. The average molecular weight is 457 g/mol. The highest BCUT2D eigenvalue weighted by Gasteiger charge is 2.29. The first-order valence-corrected chi connectivity index (χ1v) is 11.8. The summed E-state index contributed by atoms with van der Waals surface area (Å²) in [5, 5.41) is 3.67. The molecular formula is C26H33ClN2O3. The van der Waals surface area contributed by atoms with Crippen molar-refractivity contribution >= 4 is 23.4 Å². The van der Waals surface area contributed by atoms with E-state index in [4.69, 9.17) is 16.3 Å². The first-order valence-electron chi connectivity index (χ1n) is 11.4. The van der Waals surface area contributed by atoms with Crippen LogP contribution >= 0.6 is 11.6 Å². The van der Waals surface area contributed by atoms with Crippen LogP contribution in [0.15, 0.2) is 48.5 Å². The molecule has 3 rings (SSSR count). The van der Waals surface area contributed by atoms with Gasteiger partial charge in [0.25, 0.3) is 5.91 Å². The molecule has 5 nitrogen and oxygen atoms in total. The van der Waals surface area contributed by atoms with E-state index in [0.29, 0.717) is 16.7 Å². The van der Waals surface area contributed by atoms with E-state index >= 15 is 0 Å². The fraction of sp³-hybridized carbons (Fsp3) is 0.462. The van der Waals surface area contributed by atoms with Gasteiger partial charge < -0.3 is 15.0 Å². The standard InChI is InChI=1S/C26H33ClN2O3/c1-18(2)20-12-14-23(15-13-20)32-17-25(30)29(16-21-8-4-7-11-24(21)27)19(3)26(31)28-22-9-5-6-10-22/h4,7-8,11-15,18-19,22H,5-6,9-10,16-17H2,1-3H3,(H,28,31). The molecule has 2 amide bonds. The monoisotopic (exact) mass is 456 g/mol. The van der Waals surface area contributed by atoms with Gasteiger partial charge in [0.15, 0.2) is 6.61 Å². The maximum atomic E-state index is 13.2. The lowest BCUT2D eigenvalue weighted by Crippen LogP contribution is -2.50. The normalized spacial score (nSPS) is 14.9. The molecule has 1 aliphatic rings. The van der Waals surface area contributed by atoms with Crippen LogP contribution in [0, 0.1) is 0 Å². The summed E-state index contributed by atoms with van der Waals surface area (Å²) >= 11 is 6.34. The quantitative estimate of drug-likeness (QED) is 0.555. The number of nitrogens with zero attached hydrogens (tertiary/aromatic N) is 1. The molecule has 0 heterocycles. The molecule has 1 N–H and O–H groups in total. The van der Waals surface area contributed by atoms with Crippen LogP contribution in [0.2, 0.25) is 5.02 Å². The molecule has 2 aromatic rings. The molecule has 0 spiro atoms. The number of amides is 2. The van der Waals surface area contributed by atoms with Crippen molar-refractivity contribution in [2.75, 3.05) is 6.61 Å². The van der Waals surface area contributed by atoms with E-state index in [2.05, 4.69) is 19.2 Å². The minimum Gasteiger partial charge on any atom is -0.484 e. The zero-order valence-electron chi connectivity index (χ0n) is 19.1. The fourth-order valence-electron chi connectivity index (χ4n) is 3.96. The van der Waals surface area contributed by atoms with Crippen LogP contribution in [0.3, 0.4) is 0 Å². The molecule has 1 fully saturated rings. The van der Waals surface area contributed by atoms with Crippen LogP contribution in [0.1, 0.15) is 63.5 Å². The second-order valence-electron chi connectivity index (χ2n) is 8.79. The van der Waals surface area contributed by atoms with Gasteiger partial charge in [-0.1, -0.05) is 68.6 Å². The molecule has 1 atom stereocenters. The molecule has 0 saturated heterocycles. The Balaban J connectivity index is 1.70. The summed E-state index contributed by atoms with van der Waals surface area (Å²) in [5.74, 6) is 0.657. The van der Waals surface area contributed by atoms with Gasteiger partial charge in [-0.2, -0.15) is 0 Å². The van der Waals surface area contributed by atoms with E-state index < -0.39 is 6.04 Å². The average Bonchev–Trinajstić information content (AvgIpc) is 3.29. The number of hydrogen-bond acceptors (Lipinski definition) is 3. The second-order valence-corrected chi connectivity index (χ2v) is 9.20. The van der Waals surface area contributed by atoms with E-state index in [0.717, 1.165) is 31.2 Å². The Hall–Kier alpha value is -2.53. The third kappa shape index (κ3) is 6.49. The number of hydrogen-bond donors (Lipinski definition) is 1. The minimum atomic E-state index is -0.633. The molecule has 172 valence electrons. The van der Waals surface area contributed by atoms with E-state index in [1.54, 1.807) is 17.9 Å². The topological polar surface area (TPSA) is 58.6 Å². The number of halogens is 1. The van der Waals surface area contributed by atoms with E-state index in [9.17, 15) is 9.59 Å². The predicted molar refractivity (Wildman–Crippen MR) is 128 cm³/mol. The third-order valence-corrected chi connectivity index (χ3v) is 6.45. The summed E-state index contributed by atoms with van der Waals surface area (Å²) in [7, 11) is 0. The number of carbonyl (C=O) groups excluding carboxylic acids is 2. The molecule has 0 aliphatic heterocycles. The lowest BCUT2D eigenvalue weighted by atomic mass is 10.0. The van der Waals surface area contributed by atoms with Gasteiger partial charge >= 0.3 is 0 Å². The van der Waals surface area contributed by atoms with Gasteiger partial charge in [-0.15, -0.1) is 0 Å². The Morgan fingerprint density at radius 1 is 1.06 bits per heavy atom. The highest BCUT2D eigenvalue weighted by Crippen LogP contribution is 2.22. The van der Waals surface area contributed by atoms with Crippen LogP contribution in [-0.2, 0) is 16.1 Å². The van der Waals surface area contributed by atoms with Crippen LogP contribution in [0.4, 0.5) is 0 Å². The zero-order chi connectivity index (χ0) is 23.1. The van der Waals surface area contributed by atoms with Gasteiger partial charge in [0.2, 0.25) is 5.91 Å². The number of nitrogens with one attached hydrogen (secondary N) is 1.